The molecule has 0 radical (unpaired) electrons. The van der Waals surface area contributed by atoms with Crippen molar-refractivity contribution in [2.45, 2.75) is 6.92 Å². The van der Waals surface area contributed by atoms with Crippen LogP contribution in [0.2, 0.25) is 0 Å². The summed E-state index contributed by atoms with van der Waals surface area (Å²) in [6.45, 7) is 2.05. The highest BCUT2D eigenvalue weighted by molar-refractivity contribution is 9.10. The Morgan fingerprint density at radius 2 is 1.84 bits per heavy atom. The highest BCUT2D eigenvalue weighted by Crippen LogP contribution is 2.34. The summed E-state index contributed by atoms with van der Waals surface area (Å²) in [6.07, 6.45) is 1.92. The zero-order valence-electron chi connectivity index (χ0n) is 10.4. The van der Waals surface area contributed by atoms with Crippen molar-refractivity contribution < 1.29 is 4.79 Å². The maximum absolute atomic E-state index is 12.0. The Balaban J connectivity index is 2.08. The highest BCUT2D eigenvalue weighted by atomic mass is 79.9. The van der Waals surface area contributed by atoms with E-state index in [1.165, 1.54) is 5.56 Å². The fourth-order valence-electron chi connectivity index (χ4n) is 2.13. The Morgan fingerprint density at radius 3 is 2.58 bits per heavy atom. The molecule has 3 rings (SSSR count). The van der Waals surface area contributed by atoms with Crippen molar-refractivity contribution in [1.29, 1.82) is 0 Å². The molecule has 0 saturated carbocycles. The lowest BCUT2D eigenvalue weighted by molar-refractivity contribution is -0.110. The van der Waals surface area contributed by atoms with Crippen molar-refractivity contribution >= 4 is 39.2 Å². The first-order valence-corrected chi connectivity index (χ1v) is 6.82. The Bertz CT molecular complexity index is 686. The Morgan fingerprint density at radius 1 is 1.11 bits per heavy atom. The van der Waals surface area contributed by atoms with Gasteiger partial charge in [-0.1, -0.05) is 45.8 Å². The number of fused-ring (bicyclic) bond motifs is 1. The largest absolute Gasteiger partial charge is 0.321 e. The Kier molecular flexibility index (Phi) is 2.99. The first-order valence-electron chi connectivity index (χ1n) is 6.03. The molecule has 2 nitrogen and oxygen atoms in total. The summed E-state index contributed by atoms with van der Waals surface area (Å²) in [5.41, 5.74) is 4.76. The Hall–Kier alpha value is -1.87. The molecule has 94 valence electrons. The van der Waals surface area contributed by atoms with E-state index in [-0.39, 0.29) is 5.91 Å². The van der Waals surface area contributed by atoms with E-state index < -0.39 is 0 Å². The molecule has 1 amide bonds. The van der Waals surface area contributed by atoms with Gasteiger partial charge in [-0.2, -0.15) is 0 Å². The maximum atomic E-state index is 12.0. The summed E-state index contributed by atoms with van der Waals surface area (Å²) < 4.78 is 0.970. The van der Waals surface area contributed by atoms with Crippen molar-refractivity contribution in [1.82, 2.24) is 0 Å². The fourth-order valence-corrected chi connectivity index (χ4v) is 2.49. The molecule has 2 aromatic carbocycles. The standard InChI is InChI=1S/C16H12BrNO/c1-10-2-4-11(5-3-10)8-14-13-9-12(17)6-7-15(13)18-16(14)19/h2-9H,1H3,(H,18,19)/b14-8-. The van der Waals surface area contributed by atoms with E-state index >= 15 is 0 Å². The SMILES string of the molecule is Cc1ccc(/C=C2\C(=O)Nc3ccc(Br)cc32)cc1. The van der Waals surface area contributed by atoms with Crippen LogP contribution in [0.1, 0.15) is 16.7 Å². The van der Waals surface area contributed by atoms with Gasteiger partial charge in [0.1, 0.15) is 0 Å². The van der Waals surface area contributed by atoms with Crippen molar-refractivity contribution in [3.63, 3.8) is 0 Å². The average Bonchev–Trinajstić information content (AvgIpc) is 2.69. The molecule has 0 aliphatic carbocycles. The highest BCUT2D eigenvalue weighted by Gasteiger charge is 2.23. The molecule has 0 aromatic heterocycles. The average molecular weight is 314 g/mol. The number of carbonyl (C=O) groups is 1. The molecule has 0 fully saturated rings. The summed E-state index contributed by atoms with van der Waals surface area (Å²) in [5.74, 6) is -0.0475. The maximum Gasteiger partial charge on any atom is 0.256 e. The second kappa shape index (κ2) is 4.67. The zero-order valence-corrected chi connectivity index (χ0v) is 12.0. The number of benzene rings is 2. The molecular weight excluding hydrogens is 302 g/mol. The number of hydrogen-bond acceptors (Lipinski definition) is 1. The normalized spacial score (nSPS) is 15.5. The predicted octanol–water partition coefficient (Wildman–Crippen LogP) is 4.25. The van der Waals surface area contributed by atoms with Crippen LogP contribution < -0.4 is 5.32 Å². The Labute approximate surface area is 120 Å². The van der Waals surface area contributed by atoms with Gasteiger partial charge in [0.05, 0.1) is 0 Å². The van der Waals surface area contributed by atoms with E-state index in [9.17, 15) is 4.79 Å². The lowest BCUT2D eigenvalue weighted by Crippen LogP contribution is -2.03. The van der Waals surface area contributed by atoms with Crippen LogP contribution in [0.4, 0.5) is 5.69 Å². The van der Waals surface area contributed by atoms with Crippen LogP contribution in [-0.4, -0.2) is 5.91 Å². The number of halogens is 1. The molecule has 1 heterocycles. The van der Waals surface area contributed by atoms with E-state index in [1.54, 1.807) is 0 Å². The summed E-state index contributed by atoms with van der Waals surface area (Å²) in [7, 11) is 0. The number of amides is 1. The third-order valence-electron chi connectivity index (χ3n) is 3.15. The van der Waals surface area contributed by atoms with Gasteiger partial charge in [0.15, 0.2) is 0 Å². The van der Waals surface area contributed by atoms with E-state index in [1.807, 2.05) is 55.5 Å². The minimum Gasteiger partial charge on any atom is -0.321 e. The van der Waals surface area contributed by atoms with Gasteiger partial charge in [-0.25, -0.2) is 0 Å². The zero-order chi connectivity index (χ0) is 13.4. The third kappa shape index (κ3) is 2.34. The number of hydrogen-bond donors (Lipinski definition) is 1. The number of aryl methyl sites for hydroxylation is 1. The van der Waals surface area contributed by atoms with Crippen LogP contribution >= 0.6 is 15.9 Å². The van der Waals surface area contributed by atoms with Gasteiger partial charge in [-0.05, 0) is 36.8 Å². The van der Waals surface area contributed by atoms with Gasteiger partial charge in [0, 0.05) is 21.3 Å². The van der Waals surface area contributed by atoms with Crippen molar-refractivity contribution in [2.75, 3.05) is 5.32 Å². The molecule has 1 N–H and O–H groups in total. The van der Waals surface area contributed by atoms with Crippen LogP contribution in [0, 0.1) is 6.92 Å². The lowest BCUT2D eigenvalue weighted by Gasteiger charge is -2.00. The molecule has 0 spiro atoms. The van der Waals surface area contributed by atoms with E-state index in [4.69, 9.17) is 0 Å². The summed E-state index contributed by atoms with van der Waals surface area (Å²) in [6, 6.07) is 13.9. The molecule has 0 atom stereocenters. The lowest BCUT2D eigenvalue weighted by atomic mass is 10.0. The molecule has 0 saturated heterocycles. The number of rotatable bonds is 1. The quantitative estimate of drug-likeness (QED) is 0.783. The molecule has 19 heavy (non-hydrogen) atoms. The molecule has 3 heteroatoms. The number of anilines is 1. The summed E-state index contributed by atoms with van der Waals surface area (Å²) in [4.78, 5) is 12.0. The molecule has 0 bridgehead atoms. The van der Waals surface area contributed by atoms with Crippen LogP contribution in [0.25, 0.3) is 11.6 Å². The van der Waals surface area contributed by atoms with Gasteiger partial charge < -0.3 is 5.32 Å². The van der Waals surface area contributed by atoms with E-state index in [2.05, 4.69) is 21.2 Å². The third-order valence-corrected chi connectivity index (χ3v) is 3.65. The van der Waals surface area contributed by atoms with Crippen molar-refractivity contribution in [3.8, 4) is 0 Å². The fraction of sp³-hybridized carbons (Fsp3) is 0.0625. The predicted molar refractivity (Wildman–Crippen MR) is 81.8 cm³/mol. The van der Waals surface area contributed by atoms with Crippen LogP contribution in [0.5, 0.6) is 0 Å². The van der Waals surface area contributed by atoms with Gasteiger partial charge in [0.2, 0.25) is 0 Å². The van der Waals surface area contributed by atoms with E-state index in [0.717, 1.165) is 21.3 Å². The second-order valence-corrected chi connectivity index (χ2v) is 5.53. The van der Waals surface area contributed by atoms with Gasteiger partial charge >= 0.3 is 0 Å². The molecule has 2 aromatic rings. The second-order valence-electron chi connectivity index (χ2n) is 4.61. The van der Waals surface area contributed by atoms with Gasteiger partial charge in [-0.3, -0.25) is 4.79 Å². The first-order chi connectivity index (χ1) is 9.13. The smallest absolute Gasteiger partial charge is 0.256 e. The van der Waals surface area contributed by atoms with Gasteiger partial charge in [-0.15, -0.1) is 0 Å². The molecule has 0 unspecified atom stereocenters. The monoisotopic (exact) mass is 313 g/mol. The van der Waals surface area contributed by atoms with Crippen molar-refractivity contribution in [3.05, 3.63) is 63.6 Å². The van der Waals surface area contributed by atoms with Crippen LogP contribution in [0.3, 0.4) is 0 Å². The van der Waals surface area contributed by atoms with E-state index in [0.29, 0.717) is 5.57 Å². The number of carbonyl (C=O) groups excluding carboxylic acids is 1. The van der Waals surface area contributed by atoms with Crippen molar-refractivity contribution in [2.24, 2.45) is 0 Å². The first kappa shape index (κ1) is 12.2. The van der Waals surface area contributed by atoms with Crippen LogP contribution in [0.15, 0.2) is 46.9 Å². The molecule has 1 aliphatic rings. The minimum atomic E-state index is -0.0475. The number of nitrogens with one attached hydrogen (secondary N) is 1. The molecular formula is C16H12BrNO. The summed E-state index contributed by atoms with van der Waals surface area (Å²) in [5, 5.41) is 2.88. The minimum absolute atomic E-state index is 0.0475. The summed E-state index contributed by atoms with van der Waals surface area (Å²) >= 11 is 3.44. The molecule has 1 aliphatic heterocycles. The topological polar surface area (TPSA) is 29.1 Å². The van der Waals surface area contributed by atoms with Crippen LogP contribution in [-0.2, 0) is 4.79 Å². The van der Waals surface area contributed by atoms with Gasteiger partial charge in [0.25, 0.3) is 5.91 Å².